The van der Waals surface area contributed by atoms with Crippen LogP contribution in [0.5, 0.6) is 0 Å². The van der Waals surface area contributed by atoms with Gasteiger partial charge in [-0.1, -0.05) is 141 Å². The quantitative estimate of drug-likeness (QED) is 0.212. The second-order valence-electron chi connectivity index (χ2n) is 12.2. The van der Waals surface area contributed by atoms with E-state index in [-0.39, 0.29) is 5.41 Å². The highest BCUT2D eigenvalue weighted by Gasteiger charge is 2.36. The van der Waals surface area contributed by atoms with E-state index in [1.54, 1.807) is 0 Å². The van der Waals surface area contributed by atoms with Crippen LogP contribution in [0.4, 0.5) is 0 Å². The van der Waals surface area contributed by atoms with Gasteiger partial charge in [-0.15, -0.1) is 0 Å². The molecule has 42 heavy (non-hydrogen) atoms. The highest BCUT2D eigenvalue weighted by molar-refractivity contribution is 6.32. The first-order valence-corrected chi connectivity index (χ1v) is 14.8. The van der Waals surface area contributed by atoms with Crippen LogP contribution in [0, 0.1) is 0 Å². The topological polar surface area (TPSA) is 15.8 Å². The van der Waals surface area contributed by atoms with Gasteiger partial charge < -0.3 is 4.98 Å². The molecule has 0 saturated heterocycles. The van der Waals surface area contributed by atoms with Crippen molar-refractivity contribution in [3.63, 3.8) is 0 Å². The lowest BCUT2D eigenvalue weighted by atomic mass is 9.82. The Bertz CT molecular complexity index is 2380. The van der Waals surface area contributed by atoms with E-state index < -0.39 is 0 Å². The molecule has 0 fully saturated rings. The average molecular weight is 536 g/mol. The average Bonchev–Trinajstić information content (AvgIpc) is 3.55. The van der Waals surface area contributed by atoms with E-state index in [2.05, 4.69) is 152 Å². The first-order valence-electron chi connectivity index (χ1n) is 14.8. The first-order chi connectivity index (χ1) is 20.6. The van der Waals surface area contributed by atoms with Crippen LogP contribution < -0.4 is 0 Å². The first kappa shape index (κ1) is 23.6. The van der Waals surface area contributed by atoms with Crippen LogP contribution in [0.2, 0.25) is 0 Å². The second-order valence-corrected chi connectivity index (χ2v) is 12.2. The molecule has 0 bridgehead atoms. The molecule has 1 N–H and O–H groups in total. The number of hydrogen-bond donors (Lipinski definition) is 1. The van der Waals surface area contributed by atoms with Crippen molar-refractivity contribution in [2.24, 2.45) is 0 Å². The molecule has 0 aliphatic heterocycles. The van der Waals surface area contributed by atoms with E-state index in [0.717, 1.165) is 0 Å². The smallest absolute Gasteiger partial charge is 0.0551 e. The van der Waals surface area contributed by atoms with Gasteiger partial charge in [-0.2, -0.15) is 0 Å². The summed E-state index contributed by atoms with van der Waals surface area (Å²) < 4.78 is 0. The fourth-order valence-corrected chi connectivity index (χ4v) is 7.66. The van der Waals surface area contributed by atoms with Crippen molar-refractivity contribution < 1.29 is 0 Å². The van der Waals surface area contributed by atoms with Gasteiger partial charge in [0.2, 0.25) is 0 Å². The van der Waals surface area contributed by atoms with E-state index in [1.807, 2.05) is 0 Å². The summed E-state index contributed by atoms with van der Waals surface area (Å²) in [6.07, 6.45) is 0. The van der Waals surface area contributed by atoms with Gasteiger partial charge in [0.1, 0.15) is 0 Å². The zero-order chi connectivity index (χ0) is 28.0. The summed E-state index contributed by atoms with van der Waals surface area (Å²) in [5.41, 5.74) is 12.9. The van der Waals surface area contributed by atoms with Gasteiger partial charge in [0.15, 0.2) is 0 Å². The van der Waals surface area contributed by atoms with E-state index in [4.69, 9.17) is 0 Å². The molecule has 1 aromatic heterocycles. The number of benzene rings is 7. The van der Waals surface area contributed by atoms with Crippen molar-refractivity contribution in [3.05, 3.63) is 145 Å². The van der Waals surface area contributed by atoms with E-state index >= 15 is 0 Å². The van der Waals surface area contributed by atoms with Gasteiger partial charge in [0, 0.05) is 27.1 Å². The molecule has 0 atom stereocenters. The normalized spacial score (nSPS) is 13.7. The molecular weight excluding hydrogens is 506 g/mol. The minimum atomic E-state index is -0.0129. The third-order valence-corrected chi connectivity index (χ3v) is 9.61. The molecule has 9 rings (SSSR count). The molecule has 1 heteroatoms. The van der Waals surface area contributed by atoms with Gasteiger partial charge in [-0.3, -0.25) is 0 Å². The van der Waals surface area contributed by atoms with Crippen molar-refractivity contribution in [3.8, 4) is 33.4 Å². The van der Waals surface area contributed by atoms with Crippen molar-refractivity contribution >= 4 is 43.4 Å². The highest BCUT2D eigenvalue weighted by atomic mass is 14.7. The minimum Gasteiger partial charge on any atom is -0.353 e. The molecule has 0 unspecified atom stereocenters. The Morgan fingerprint density at radius 2 is 0.976 bits per heavy atom. The Morgan fingerprint density at radius 1 is 0.429 bits per heavy atom. The van der Waals surface area contributed by atoms with Crippen molar-refractivity contribution in [1.29, 1.82) is 0 Å². The summed E-state index contributed by atoms with van der Waals surface area (Å²) in [5.74, 6) is 0. The van der Waals surface area contributed by atoms with Gasteiger partial charge in [0.25, 0.3) is 0 Å². The SMILES string of the molecule is CC1(C)c2ccccc2-c2c(-c3cccc(-c4cccc5c4[nH]c4c6ccccc6c6ccccc6c54)c3)cccc21. The van der Waals surface area contributed by atoms with Gasteiger partial charge in [-0.05, 0) is 61.2 Å². The number of rotatable bonds is 2. The Morgan fingerprint density at radius 3 is 1.81 bits per heavy atom. The largest absolute Gasteiger partial charge is 0.353 e. The predicted octanol–water partition coefficient (Wildman–Crippen LogP) is 11.3. The summed E-state index contributed by atoms with van der Waals surface area (Å²) in [6.45, 7) is 4.70. The molecule has 1 aliphatic carbocycles. The van der Waals surface area contributed by atoms with Crippen molar-refractivity contribution in [2.75, 3.05) is 0 Å². The fourth-order valence-electron chi connectivity index (χ4n) is 7.66. The van der Waals surface area contributed by atoms with Crippen molar-refractivity contribution in [1.82, 2.24) is 4.98 Å². The Hall–Kier alpha value is -5.14. The molecular formula is C41H29N. The number of fused-ring (bicyclic) bond motifs is 11. The van der Waals surface area contributed by atoms with Crippen LogP contribution in [-0.2, 0) is 5.41 Å². The van der Waals surface area contributed by atoms with Gasteiger partial charge >= 0.3 is 0 Å². The van der Waals surface area contributed by atoms with E-state index in [1.165, 1.54) is 87.9 Å². The number of aromatic amines is 1. The Balaban J connectivity index is 1.30. The number of para-hydroxylation sites is 1. The van der Waals surface area contributed by atoms with Crippen LogP contribution >= 0.6 is 0 Å². The summed E-state index contributed by atoms with van der Waals surface area (Å²) in [6, 6.07) is 49.2. The zero-order valence-corrected chi connectivity index (χ0v) is 23.7. The van der Waals surface area contributed by atoms with Crippen LogP contribution in [0.15, 0.2) is 133 Å². The maximum absolute atomic E-state index is 3.90. The molecule has 1 aliphatic rings. The lowest BCUT2D eigenvalue weighted by molar-refractivity contribution is 0.660. The fraction of sp³-hybridized carbons (Fsp3) is 0.0732. The second kappa shape index (κ2) is 8.44. The van der Waals surface area contributed by atoms with Crippen LogP contribution in [0.3, 0.4) is 0 Å². The number of H-pyrrole nitrogens is 1. The lowest BCUT2D eigenvalue weighted by Gasteiger charge is -2.21. The number of hydrogen-bond acceptors (Lipinski definition) is 0. The summed E-state index contributed by atoms with van der Waals surface area (Å²) >= 11 is 0. The lowest BCUT2D eigenvalue weighted by Crippen LogP contribution is -2.14. The molecule has 0 radical (unpaired) electrons. The Kier molecular flexibility index (Phi) is 4.73. The molecule has 7 aromatic carbocycles. The maximum Gasteiger partial charge on any atom is 0.0551 e. The molecule has 1 nitrogen and oxygen atoms in total. The Labute approximate surface area is 245 Å². The van der Waals surface area contributed by atoms with Gasteiger partial charge in [0.05, 0.1) is 11.0 Å². The molecule has 1 heterocycles. The summed E-state index contributed by atoms with van der Waals surface area (Å²) in [4.78, 5) is 3.90. The number of aromatic nitrogens is 1. The summed E-state index contributed by atoms with van der Waals surface area (Å²) in [7, 11) is 0. The predicted molar refractivity (Wildman–Crippen MR) is 179 cm³/mol. The standard InChI is InChI=1S/C41H29N/c1-41(2)35-22-8-7-18-33(35)37-27(19-11-23-36(37)41)25-12-9-13-26(24-25)28-20-10-21-34-38-31-16-5-3-14-29(31)30-15-4-6-17-32(30)40(38)42-39(28)34/h3-24,42H,1-2H3. The third-order valence-electron chi connectivity index (χ3n) is 9.61. The minimum absolute atomic E-state index is 0.0129. The monoisotopic (exact) mass is 535 g/mol. The molecule has 0 spiro atoms. The molecule has 0 amide bonds. The van der Waals surface area contributed by atoms with E-state index in [0.29, 0.717) is 0 Å². The highest BCUT2D eigenvalue weighted by Crippen LogP contribution is 2.52. The molecule has 8 aromatic rings. The van der Waals surface area contributed by atoms with Crippen LogP contribution in [0.25, 0.3) is 76.7 Å². The molecule has 0 saturated carbocycles. The third kappa shape index (κ3) is 3.08. The van der Waals surface area contributed by atoms with Crippen LogP contribution in [-0.4, -0.2) is 4.98 Å². The van der Waals surface area contributed by atoms with Crippen LogP contribution in [0.1, 0.15) is 25.0 Å². The summed E-state index contributed by atoms with van der Waals surface area (Å²) in [5, 5.41) is 7.72. The maximum atomic E-state index is 3.90. The van der Waals surface area contributed by atoms with E-state index in [9.17, 15) is 0 Å². The number of nitrogens with one attached hydrogen (secondary N) is 1. The molecule has 198 valence electrons. The van der Waals surface area contributed by atoms with Gasteiger partial charge in [-0.25, -0.2) is 0 Å². The zero-order valence-electron chi connectivity index (χ0n) is 23.7. The van der Waals surface area contributed by atoms with Crippen molar-refractivity contribution in [2.45, 2.75) is 19.3 Å².